The number of fused-ring (bicyclic) bond motifs is 1. The van der Waals surface area contributed by atoms with Gasteiger partial charge in [-0.1, -0.05) is 60.7 Å². The third kappa shape index (κ3) is 2.55. The second-order valence-electron chi connectivity index (χ2n) is 5.47. The molecule has 2 aromatic carbocycles. The van der Waals surface area contributed by atoms with Crippen LogP contribution < -0.4 is 5.49 Å². The van der Waals surface area contributed by atoms with Gasteiger partial charge in [-0.15, -0.1) is 0 Å². The zero-order valence-electron chi connectivity index (χ0n) is 12.6. The van der Waals surface area contributed by atoms with E-state index < -0.39 is 0 Å². The molecule has 2 heterocycles. The van der Waals surface area contributed by atoms with Gasteiger partial charge in [-0.3, -0.25) is 9.81 Å². The summed E-state index contributed by atoms with van der Waals surface area (Å²) in [6.45, 7) is 0.738. The molecule has 0 aliphatic carbocycles. The van der Waals surface area contributed by atoms with Crippen molar-refractivity contribution in [3.63, 3.8) is 0 Å². The summed E-state index contributed by atoms with van der Waals surface area (Å²) < 4.78 is 4.11. The van der Waals surface area contributed by atoms with Crippen LogP contribution in [0, 0.1) is 5.41 Å². The van der Waals surface area contributed by atoms with Crippen molar-refractivity contribution in [2.75, 3.05) is 0 Å². The van der Waals surface area contributed by atoms with Crippen molar-refractivity contribution in [2.24, 2.45) is 0 Å². The highest BCUT2D eigenvalue weighted by Crippen LogP contribution is 2.19. The van der Waals surface area contributed by atoms with Crippen molar-refractivity contribution in [3.05, 3.63) is 90.2 Å². The van der Waals surface area contributed by atoms with E-state index in [1.54, 1.807) is 6.07 Å². The van der Waals surface area contributed by atoms with E-state index in [0.717, 1.165) is 23.6 Å². The van der Waals surface area contributed by atoms with Crippen LogP contribution in [0.5, 0.6) is 0 Å². The van der Waals surface area contributed by atoms with Gasteiger partial charge in [0.1, 0.15) is 0 Å². The average molecular weight is 300 g/mol. The molecule has 1 N–H and O–H groups in total. The number of imidazole rings is 1. The van der Waals surface area contributed by atoms with Gasteiger partial charge in [0.2, 0.25) is 5.78 Å². The molecule has 0 atom stereocenters. The molecule has 4 nitrogen and oxygen atoms in total. The molecule has 4 heteroatoms. The third-order valence-electron chi connectivity index (χ3n) is 3.89. The summed E-state index contributed by atoms with van der Waals surface area (Å²) in [5.41, 5.74) is 3.55. The van der Waals surface area contributed by atoms with E-state index >= 15 is 0 Å². The van der Waals surface area contributed by atoms with E-state index in [2.05, 4.69) is 33.8 Å². The maximum absolute atomic E-state index is 8.04. The van der Waals surface area contributed by atoms with E-state index in [1.807, 2.05) is 53.2 Å². The molecule has 23 heavy (non-hydrogen) atoms. The van der Waals surface area contributed by atoms with Gasteiger partial charge in [0.25, 0.3) is 0 Å². The molecule has 0 fully saturated rings. The number of hydrogen-bond donors (Lipinski definition) is 1. The molecule has 2 aromatic heterocycles. The van der Waals surface area contributed by atoms with Gasteiger partial charge in [-0.25, -0.2) is 0 Å². The van der Waals surface area contributed by atoms with Crippen LogP contribution in [0.25, 0.3) is 17.0 Å². The lowest BCUT2D eigenvalue weighted by Gasteiger charge is -2.08. The van der Waals surface area contributed by atoms with Crippen molar-refractivity contribution >= 4 is 5.78 Å². The van der Waals surface area contributed by atoms with Crippen molar-refractivity contribution < 1.29 is 0 Å². The van der Waals surface area contributed by atoms with Crippen molar-refractivity contribution in [1.29, 1.82) is 5.41 Å². The fourth-order valence-corrected chi connectivity index (χ4v) is 2.80. The SMILES string of the molecule is N=c1cc(-c2ccccc2)n2ccn(Cc3ccccc3)c2n1. The summed E-state index contributed by atoms with van der Waals surface area (Å²) in [5, 5.41) is 8.04. The first-order valence-corrected chi connectivity index (χ1v) is 7.54. The Balaban J connectivity index is 1.87. The summed E-state index contributed by atoms with van der Waals surface area (Å²) in [6.07, 6.45) is 4.02. The summed E-state index contributed by atoms with van der Waals surface area (Å²) in [6, 6.07) is 22.2. The Hall–Kier alpha value is -3.14. The zero-order valence-corrected chi connectivity index (χ0v) is 12.6. The molecular formula is C19H16N4. The lowest BCUT2D eigenvalue weighted by atomic mass is 10.1. The van der Waals surface area contributed by atoms with Crippen LogP contribution in [-0.4, -0.2) is 14.0 Å². The Morgan fingerprint density at radius 1 is 0.870 bits per heavy atom. The Morgan fingerprint density at radius 3 is 2.30 bits per heavy atom. The Morgan fingerprint density at radius 2 is 1.57 bits per heavy atom. The van der Waals surface area contributed by atoms with Crippen LogP contribution in [0.1, 0.15) is 5.56 Å². The molecule has 0 unspecified atom stereocenters. The van der Waals surface area contributed by atoms with Gasteiger partial charge in [0.15, 0.2) is 5.49 Å². The molecular weight excluding hydrogens is 284 g/mol. The maximum Gasteiger partial charge on any atom is 0.216 e. The van der Waals surface area contributed by atoms with Crippen molar-refractivity contribution in [1.82, 2.24) is 14.0 Å². The monoisotopic (exact) mass is 300 g/mol. The van der Waals surface area contributed by atoms with Gasteiger partial charge in [0, 0.05) is 18.5 Å². The first kappa shape index (κ1) is 13.5. The zero-order chi connectivity index (χ0) is 15.6. The Labute approximate surface area is 133 Å². The minimum absolute atomic E-state index is 0.275. The highest BCUT2D eigenvalue weighted by atomic mass is 15.2. The molecule has 0 radical (unpaired) electrons. The molecule has 0 amide bonds. The fourth-order valence-electron chi connectivity index (χ4n) is 2.80. The highest BCUT2D eigenvalue weighted by Gasteiger charge is 2.08. The topological polar surface area (TPSA) is 46.1 Å². The molecule has 0 aliphatic rings. The minimum atomic E-state index is 0.275. The second-order valence-corrected chi connectivity index (χ2v) is 5.47. The molecule has 0 bridgehead atoms. The average Bonchev–Trinajstić information content (AvgIpc) is 2.99. The van der Waals surface area contributed by atoms with Crippen LogP contribution >= 0.6 is 0 Å². The van der Waals surface area contributed by atoms with Crippen LogP contribution in [0.2, 0.25) is 0 Å². The third-order valence-corrected chi connectivity index (χ3v) is 3.89. The number of hydrogen-bond acceptors (Lipinski definition) is 2. The summed E-state index contributed by atoms with van der Waals surface area (Å²) in [5.74, 6) is 0.778. The molecule has 112 valence electrons. The van der Waals surface area contributed by atoms with Crippen LogP contribution in [0.4, 0.5) is 0 Å². The lowest BCUT2D eigenvalue weighted by Crippen LogP contribution is -2.12. The predicted molar refractivity (Wildman–Crippen MR) is 90.0 cm³/mol. The first-order chi connectivity index (χ1) is 11.3. The number of nitrogens with zero attached hydrogens (tertiary/aromatic N) is 3. The lowest BCUT2D eigenvalue weighted by molar-refractivity contribution is 0.807. The molecule has 4 rings (SSSR count). The Bertz CT molecular complexity index is 998. The largest absolute Gasteiger partial charge is 0.312 e. The normalized spacial score (nSPS) is 11.0. The Kier molecular flexibility index (Phi) is 3.27. The second kappa shape index (κ2) is 5.57. The van der Waals surface area contributed by atoms with E-state index in [1.165, 1.54) is 5.56 Å². The van der Waals surface area contributed by atoms with Crippen molar-refractivity contribution in [2.45, 2.75) is 6.54 Å². The van der Waals surface area contributed by atoms with E-state index in [4.69, 9.17) is 5.41 Å². The maximum atomic E-state index is 8.04. The number of aromatic nitrogens is 3. The quantitative estimate of drug-likeness (QED) is 0.620. The van der Waals surface area contributed by atoms with Gasteiger partial charge in [-0.2, -0.15) is 4.98 Å². The van der Waals surface area contributed by atoms with Crippen LogP contribution in [0.3, 0.4) is 0 Å². The summed E-state index contributed by atoms with van der Waals surface area (Å²) in [7, 11) is 0. The number of benzene rings is 2. The van der Waals surface area contributed by atoms with Crippen molar-refractivity contribution in [3.8, 4) is 11.3 Å². The first-order valence-electron chi connectivity index (χ1n) is 7.54. The number of rotatable bonds is 3. The molecule has 0 spiro atoms. The minimum Gasteiger partial charge on any atom is -0.312 e. The van der Waals surface area contributed by atoms with Gasteiger partial charge < -0.3 is 4.57 Å². The summed E-state index contributed by atoms with van der Waals surface area (Å²) >= 11 is 0. The fraction of sp³-hybridized carbons (Fsp3) is 0.0526. The molecule has 0 aliphatic heterocycles. The van der Waals surface area contributed by atoms with Gasteiger partial charge >= 0.3 is 0 Å². The number of nitrogens with one attached hydrogen (secondary N) is 1. The highest BCUT2D eigenvalue weighted by molar-refractivity contribution is 5.61. The van der Waals surface area contributed by atoms with E-state index in [9.17, 15) is 0 Å². The van der Waals surface area contributed by atoms with Gasteiger partial charge in [-0.05, 0) is 11.1 Å². The van der Waals surface area contributed by atoms with Crippen LogP contribution in [-0.2, 0) is 6.54 Å². The smallest absolute Gasteiger partial charge is 0.216 e. The van der Waals surface area contributed by atoms with Crippen LogP contribution in [0.15, 0.2) is 79.1 Å². The standard InChI is InChI=1S/C19H16N4/c20-18-13-17(16-9-5-2-6-10-16)23-12-11-22(19(23)21-18)14-15-7-3-1-4-8-15/h1-13,20H,14H2. The van der Waals surface area contributed by atoms with E-state index in [0.29, 0.717) is 0 Å². The summed E-state index contributed by atoms with van der Waals surface area (Å²) in [4.78, 5) is 4.41. The molecule has 0 saturated heterocycles. The molecule has 0 saturated carbocycles. The van der Waals surface area contributed by atoms with Gasteiger partial charge in [0.05, 0.1) is 12.2 Å². The molecule has 4 aromatic rings. The van der Waals surface area contributed by atoms with E-state index in [-0.39, 0.29) is 5.49 Å². The predicted octanol–water partition coefficient (Wildman–Crippen LogP) is 3.33.